The van der Waals surface area contributed by atoms with Crippen LogP contribution < -0.4 is 32.5 Å². The lowest BCUT2D eigenvalue weighted by Crippen LogP contribution is -2.56. The van der Waals surface area contributed by atoms with E-state index in [-0.39, 0.29) is 43.0 Å². The van der Waals surface area contributed by atoms with Crippen LogP contribution in [0.4, 0.5) is 26.7 Å². The molecule has 0 radical (unpaired) electrons. The molecule has 0 aliphatic rings. The third-order valence-electron chi connectivity index (χ3n) is 12.9. The average Bonchev–Trinajstić information content (AvgIpc) is 1.67. The van der Waals surface area contributed by atoms with Crippen LogP contribution in [0.3, 0.4) is 0 Å². The number of amides is 5. The fraction of sp³-hybridized carbons (Fsp3) is 0.587. The molecule has 5 amide bonds. The molecule has 0 saturated heterocycles. The molecule has 7 N–H and O–H groups in total. The maximum absolute atomic E-state index is 15.8. The monoisotopic (exact) mass is 1350 g/mol. The van der Waals surface area contributed by atoms with E-state index in [0.29, 0.717) is 11.7 Å². The summed E-state index contributed by atoms with van der Waals surface area (Å²) in [6.07, 6.45) is -7.97. The summed E-state index contributed by atoms with van der Waals surface area (Å²) < 4.78 is 96.8. The molecule has 5 atom stereocenters. The van der Waals surface area contributed by atoms with Gasteiger partial charge >= 0.3 is 42.1 Å². The van der Waals surface area contributed by atoms with Crippen molar-refractivity contribution in [1.82, 2.24) is 36.3 Å². The van der Waals surface area contributed by atoms with Gasteiger partial charge in [0.15, 0.2) is 0 Å². The Kier molecular flexibility index (Phi) is 29.7. The second-order valence-electron chi connectivity index (χ2n) is 27.3. The van der Waals surface area contributed by atoms with Gasteiger partial charge in [-0.1, -0.05) is 70.7 Å². The predicted molar refractivity (Wildman–Crippen MR) is 339 cm³/mol. The summed E-state index contributed by atoms with van der Waals surface area (Å²) in [7, 11) is -1.78. The minimum atomic E-state index is -5.50. The second-order valence-corrected chi connectivity index (χ2v) is 34.0. The number of primary amides is 1. The van der Waals surface area contributed by atoms with E-state index in [4.69, 9.17) is 24.7 Å². The van der Waals surface area contributed by atoms with Crippen LogP contribution in [0.5, 0.6) is 0 Å². The van der Waals surface area contributed by atoms with Gasteiger partial charge < -0.3 is 54.8 Å². The molecular weight excluding hydrogens is 1260 g/mol. The average molecular weight is 1360 g/mol. The normalized spacial score (nSPS) is 13.8. The summed E-state index contributed by atoms with van der Waals surface area (Å²) >= 11 is 0.953. The van der Waals surface area contributed by atoms with Crippen molar-refractivity contribution in [2.75, 3.05) is 31.2 Å². The molecule has 0 unspecified atom stereocenters. The van der Waals surface area contributed by atoms with Crippen molar-refractivity contribution in [1.29, 1.82) is 0 Å². The highest BCUT2D eigenvalue weighted by atomic mass is 32.2. The molecule has 0 aliphatic carbocycles. The Morgan fingerprint density at radius 2 is 1.27 bits per heavy atom. The van der Waals surface area contributed by atoms with Gasteiger partial charge in [-0.2, -0.15) is 13.2 Å². The van der Waals surface area contributed by atoms with Crippen molar-refractivity contribution in [3.05, 3.63) is 83.7 Å². The number of rotatable bonds is 32. The number of hydrazine groups is 1. The van der Waals surface area contributed by atoms with E-state index < -0.39 is 176 Å². The van der Waals surface area contributed by atoms with Crippen molar-refractivity contribution in [2.24, 2.45) is 11.1 Å². The second kappa shape index (κ2) is 34.6. The van der Waals surface area contributed by atoms with Crippen molar-refractivity contribution in [3.8, 4) is 11.1 Å². The highest BCUT2D eigenvalue weighted by Gasteiger charge is 2.43. The zero-order valence-corrected chi connectivity index (χ0v) is 57.4. The van der Waals surface area contributed by atoms with Gasteiger partial charge in [0.05, 0.1) is 24.8 Å². The molecule has 2 aromatic carbocycles. The van der Waals surface area contributed by atoms with Gasteiger partial charge in [0, 0.05) is 69.3 Å². The first-order valence-electron chi connectivity index (χ1n) is 30.1. The van der Waals surface area contributed by atoms with E-state index in [1.807, 2.05) is 70.7 Å². The SMILES string of the molecule is CC(C)(C)OC(=O)[C@H](CSCC(=O)N(CC[C@H](NC(=O)OCC[Si](C)(C)C)C(=O)NCCC(=O)N[C@H](CCC(=O)OC(=O)C(F)(F)F)C(=O)OC(C)(C)C)[C@@H](c1cc(-c2cc(F)ccc2F)cn1Cc1ccccc1)C(C)(C)C)NN[C@H](CC(N)=O)C(=O)OC(C)(C)C. The molecule has 0 bridgehead atoms. The van der Waals surface area contributed by atoms with Gasteiger partial charge in [0.25, 0.3) is 0 Å². The highest BCUT2D eigenvalue weighted by molar-refractivity contribution is 8.00. The Bertz CT molecular complexity index is 3080. The molecule has 0 spiro atoms. The molecule has 1 heterocycles. The number of nitrogens with one attached hydrogen (secondary N) is 5. The fourth-order valence-corrected chi connectivity index (χ4v) is 10.5. The van der Waals surface area contributed by atoms with Gasteiger partial charge in [-0.15, -0.1) is 11.8 Å². The number of aromatic nitrogens is 1. The number of nitrogens with two attached hydrogens (primary N) is 1. The van der Waals surface area contributed by atoms with Crippen LogP contribution in [0.1, 0.15) is 132 Å². The smallest absolute Gasteiger partial charge is 0.459 e. The molecule has 0 saturated carbocycles. The molecule has 93 heavy (non-hydrogen) atoms. The van der Waals surface area contributed by atoms with Crippen molar-refractivity contribution in [3.63, 3.8) is 0 Å². The van der Waals surface area contributed by atoms with Crippen LogP contribution in [-0.4, -0.2) is 155 Å². The maximum Gasteiger partial charge on any atom is 0.491 e. The number of alkyl carbamates (subject to hydrolysis) is 1. The number of halogens is 5. The van der Waals surface area contributed by atoms with Crippen LogP contribution in [-0.2, 0) is 73.4 Å². The van der Waals surface area contributed by atoms with Crippen molar-refractivity contribution < 1.29 is 93.6 Å². The van der Waals surface area contributed by atoms with E-state index in [1.165, 1.54) is 25.7 Å². The first-order chi connectivity index (χ1) is 42.7. The number of hydrogen-bond donors (Lipinski definition) is 6. The Balaban J connectivity index is 2.18. The van der Waals surface area contributed by atoms with Crippen LogP contribution >= 0.6 is 11.8 Å². The van der Waals surface area contributed by atoms with Crippen LogP contribution in [0, 0.1) is 17.0 Å². The quantitative estimate of drug-likeness (QED) is 0.00859. The molecule has 3 aromatic rings. The molecule has 518 valence electrons. The summed E-state index contributed by atoms with van der Waals surface area (Å²) in [4.78, 5) is 134. The van der Waals surface area contributed by atoms with E-state index in [2.05, 4.69) is 31.5 Å². The van der Waals surface area contributed by atoms with Crippen LogP contribution in [0.25, 0.3) is 11.1 Å². The van der Waals surface area contributed by atoms with Gasteiger partial charge in [-0.05, 0) is 116 Å². The number of carbonyl (C=O) groups excluding carboxylic acids is 10. The molecular formula is C63H91F5N8O15SSi. The number of ether oxygens (including phenoxy) is 5. The third-order valence-corrected chi connectivity index (χ3v) is 15.7. The first-order valence-corrected chi connectivity index (χ1v) is 34.9. The highest BCUT2D eigenvalue weighted by Crippen LogP contribution is 2.42. The number of alkyl halides is 3. The number of nitrogens with zero attached hydrogens (tertiary/aromatic N) is 2. The predicted octanol–water partition coefficient (Wildman–Crippen LogP) is 8.09. The summed E-state index contributed by atoms with van der Waals surface area (Å²) in [5.41, 5.74) is 8.19. The topological polar surface area (TPSA) is 311 Å². The molecule has 1 aromatic heterocycles. The number of thioether (sulfide) groups is 1. The minimum Gasteiger partial charge on any atom is -0.459 e. The molecule has 0 fully saturated rings. The number of esters is 5. The Morgan fingerprint density at radius 1 is 0.699 bits per heavy atom. The lowest BCUT2D eigenvalue weighted by Gasteiger charge is -2.41. The Morgan fingerprint density at radius 3 is 1.82 bits per heavy atom. The largest absolute Gasteiger partial charge is 0.491 e. The maximum atomic E-state index is 15.8. The van der Waals surface area contributed by atoms with Gasteiger partial charge in [0.1, 0.15) is 52.6 Å². The Labute approximate surface area is 544 Å². The summed E-state index contributed by atoms with van der Waals surface area (Å²) in [5, 5.41) is 7.49. The number of benzene rings is 2. The van der Waals surface area contributed by atoms with E-state index in [0.717, 1.165) is 35.5 Å². The Hall–Kier alpha value is -7.44. The minimum absolute atomic E-state index is 0.0205. The van der Waals surface area contributed by atoms with Crippen molar-refractivity contribution >= 4 is 79.4 Å². The zero-order chi connectivity index (χ0) is 70.6. The molecule has 3 rings (SSSR count). The van der Waals surface area contributed by atoms with E-state index in [1.54, 1.807) is 58.4 Å². The van der Waals surface area contributed by atoms with Gasteiger partial charge in [0.2, 0.25) is 23.6 Å². The van der Waals surface area contributed by atoms with Gasteiger partial charge in [-0.25, -0.2) is 34.0 Å². The van der Waals surface area contributed by atoms with Crippen molar-refractivity contribution in [2.45, 2.75) is 201 Å². The lowest BCUT2D eigenvalue weighted by atomic mass is 9.82. The van der Waals surface area contributed by atoms with E-state index in [9.17, 15) is 60.7 Å². The summed E-state index contributed by atoms with van der Waals surface area (Å²) in [6, 6.07) is 7.40. The number of carbonyl (C=O) groups is 10. The summed E-state index contributed by atoms with van der Waals surface area (Å²) in [5.74, 6) is -12.6. The molecule has 30 heteroatoms. The lowest BCUT2D eigenvalue weighted by molar-refractivity contribution is -0.201. The van der Waals surface area contributed by atoms with Crippen LogP contribution in [0.15, 0.2) is 60.8 Å². The molecule has 23 nitrogen and oxygen atoms in total. The van der Waals surface area contributed by atoms with E-state index >= 15 is 9.18 Å². The first kappa shape index (κ1) is 79.8. The zero-order valence-electron chi connectivity index (χ0n) is 55.5. The van der Waals surface area contributed by atoms with Gasteiger partial charge in [-0.3, -0.25) is 33.6 Å². The summed E-state index contributed by atoms with van der Waals surface area (Å²) in [6.45, 7) is 25.1. The fourth-order valence-electron chi connectivity index (χ4n) is 8.82. The number of hydrogen-bond acceptors (Lipinski definition) is 18. The third kappa shape index (κ3) is 30.0. The van der Waals surface area contributed by atoms with Crippen LogP contribution in [0.2, 0.25) is 25.7 Å². The molecule has 0 aliphatic heterocycles. The standard InChI is InChI=1S/C63H91F5N8O15SSi/c1-59(2,3)52(47-31-39(41-32-40(64)21-22-42(41)65)35-75(47)34-38-19-17-16-18-20-38)76(50(79)37-92-36-46(56(84)91-62(10,11)12)74-73-45(33-48(69)77)55(83)90-61(7,8)9)28-26-43(72-58(86)87-29-30-93(13,14)15)53(81)70-27-25-49(78)71-44(54(82)89-60(4,5)6)23-24-51(80)88-57(85)63(66,67)68/h16-22,31-32,35,43-46,52,73-74H,23-30,33-34,36-37H2,1-15H3,(H2,69,77)(H,70,81)(H,71,78)(H,72,86)/t43-,44+,45+,46-,52-/m0/s1.